The van der Waals surface area contributed by atoms with E-state index in [1.807, 2.05) is 6.26 Å². The van der Waals surface area contributed by atoms with Crippen molar-refractivity contribution in [3.05, 3.63) is 0 Å². The Morgan fingerprint density at radius 2 is 2.00 bits per heavy atom. The molecule has 0 aliphatic carbocycles. The first-order chi connectivity index (χ1) is 8.26. The van der Waals surface area contributed by atoms with Crippen LogP contribution in [0.15, 0.2) is 0 Å². The Labute approximate surface area is 111 Å². The summed E-state index contributed by atoms with van der Waals surface area (Å²) in [5, 5.41) is 13.6. The molecule has 18 heavy (non-hydrogen) atoms. The average molecular weight is 298 g/mol. The smallest absolute Gasteiger partial charge is 0.326 e. The summed E-state index contributed by atoms with van der Waals surface area (Å²) in [5.74, 6) is -0.817. The first kappa shape index (κ1) is 17.0. The summed E-state index contributed by atoms with van der Waals surface area (Å²) in [6.45, 7) is 0.422. The predicted octanol–water partition coefficient (Wildman–Crippen LogP) is -0.463. The van der Waals surface area contributed by atoms with E-state index >= 15 is 0 Å². The number of carboxylic acid groups (broad SMARTS) is 1. The number of rotatable bonds is 8. The Bertz CT molecular complexity index is 382. The zero-order valence-corrected chi connectivity index (χ0v) is 11.9. The molecular weight excluding hydrogens is 280 g/mol. The van der Waals surface area contributed by atoms with Gasteiger partial charge in [-0.2, -0.15) is 11.8 Å². The summed E-state index contributed by atoms with van der Waals surface area (Å²) in [5.41, 5.74) is 0. The summed E-state index contributed by atoms with van der Waals surface area (Å²) in [4.78, 5) is 22.2. The van der Waals surface area contributed by atoms with Crippen molar-refractivity contribution >= 4 is 33.6 Å². The molecule has 3 N–H and O–H groups in total. The van der Waals surface area contributed by atoms with Gasteiger partial charge in [0.1, 0.15) is 15.9 Å². The van der Waals surface area contributed by atoms with E-state index in [9.17, 15) is 18.0 Å². The van der Waals surface area contributed by atoms with Crippen LogP contribution in [0.25, 0.3) is 0 Å². The minimum Gasteiger partial charge on any atom is -0.480 e. The fourth-order valence-electron chi connectivity index (χ4n) is 1.07. The molecule has 0 radical (unpaired) electrons. The SMILES string of the molecule is CSCCNC(=O)NC(CCS(C)(=O)=O)C(=O)O. The van der Waals surface area contributed by atoms with Crippen molar-refractivity contribution in [1.82, 2.24) is 10.6 Å². The molecule has 0 aliphatic rings. The van der Waals surface area contributed by atoms with Crippen molar-refractivity contribution in [2.75, 3.05) is 30.6 Å². The molecule has 0 aromatic carbocycles. The predicted molar refractivity (Wildman–Crippen MR) is 70.7 cm³/mol. The van der Waals surface area contributed by atoms with Gasteiger partial charge in [-0.05, 0) is 12.7 Å². The molecule has 0 aromatic heterocycles. The van der Waals surface area contributed by atoms with Crippen LogP contribution >= 0.6 is 11.8 Å². The number of carbonyl (C=O) groups excluding carboxylic acids is 1. The molecule has 1 unspecified atom stereocenters. The van der Waals surface area contributed by atoms with Gasteiger partial charge in [-0.3, -0.25) is 0 Å². The highest BCUT2D eigenvalue weighted by molar-refractivity contribution is 7.98. The van der Waals surface area contributed by atoms with Gasteiger partial charge in [0, 0.05) is 18.6 Å². The number of carbonyl (C=O) groups is 2. The molecule has 0 rings (SSSR count). The highest BCUT2D eigenvalue weighted by Gasteiger charge is 2.21. The molecule has 106 valence electrons. The van der Waals surface area contributed by atoms with Crippen molar-refractivity contribution < 1.29 is 23.1 Å². The van der Waals surface area contributed by atoms with E-state index in [-0.39, 0.29) is 12.2 Å². The van der Waals surface area contributed by atoms with Gasteiger partial charge >= 0.3 is 12.0 Å². The van der Waals surface area contributed by atoms with Crippen LogP contribution in [0.2, 0.25) is 0 Å². The second-order valence-electron chi connectivity index (χ2n) is 3.70. The van der Waals surface area contributed by atoms with Crippen LogP contribution in [-0.2, 0) is 14.6 Å². The molecule has 2 amide bonds. The number of amides is 2. The maximum absolute atomic E-state index is 11.3. The van der Waals surface area contributed by atoms with Crippen LogP contribution < -0.4 is 10.6 Å². The van der Waals surface area contributed by atoms with Gasteiger partial charge in [0.05, 0.1) is 5.75 Å². The number of thioether (sulfide) groups is 1. The van der Waals surface area contributed by atoms with Gasteiger partial charge < -0.3 is 15.7 Å². The largest absolute Gasteiger partial charge is 0.480 e. The average Bonchev–Trinajstić information content (AvgIpc) is 2.22. The van der Waals surface area contributed by atoms with Crippen molar-refractivity contribution in [3.63, 3.8) is 0 Å². The molecule has 7 nitrogen and oxygen atoms in total. The van der Waals surface area contributed by atoms with Crippen LogP contribution in [0, 0.1) is 0 Å². The Hall–Kier alpha value is -0.960. The van der Waals surface area contributed by atoms with E-state index in [0.717, 1.165) is 6.26 Å². The zero-order chi connectivity index (χ0) is 14.2. The summed E-state index contributed by atoms with van der Waals surface area (Å²) in [6, 6.07) is -1.81. The number of nitrogens with one attached hydrogen (secondary N) is 2. The van der Waals surface area contributed by atoms with Gasteiger partial charge in [0.25, 0.3) is 0 Å². The highest BCUT2D eigenvalue weighted by atomic mass is 32.2. The van der Waals surface area contributed by atoms with Crippen LogP contribution in [0.5, 0.6) is 0 Å². The second-order valence-corrected chi connectivity index (χ2v) is 6.95. The maximum Gasteiger partial charge on any atom is 0.326 e. The van der Waals surface area contributed by atoms with Crippen molar-refractivity contribution in [1.29, 1.82) is 0 Å². The van der Waals surface area contributed by atoms with E-state index in [0.29, 0.717) is 12.3 Å². The lowest BCUT2D eigenvalue weighted by atomic mass is 10.2. The zero-order valence-electron chi connectivity index (χ0n) is 10.3. The number of aliphatic carboxylic acids is 1. The van der Waals surface area contributed by atoms with E-state index in [2.05, 4.69) is 10.6 Å². The fraction of sp³-hybridized carbons (Fsp3) is 0.778. The second kappa shape index (κ2) is 8.20. The minimum atomic E-state index is -3.25. The topological polar surface area (TPSA) is 113 Å². The molecule has 0 saturated carbocycles. The molecule has 0 bridgehead atoms. The Morgan fingerprint density at radius 1 is 1.39 bits per heavy atom. The quantitative estimate of drug-likeness (QED) is 0.523. The molecule has 0 aromatic rings. The van der Waals surface area contributed by atoms with E-state index < -0.39 is 27.9 Å². The lowest BCUT2D eigenvalue weighted by Crippen LogP contribution is -2.47. The summed E-state index contributed by atoms with van der Waals surface area (Å²) in [6.07, 6.45) is 2.75. The number of urea groups is 1. The van der Waals surface area contributed by atoms with E-state index in [4.69, 9.17) is 5.11 Å². The Morgan fingerprint density at radius 3 is 2.44 bits per heavy atom. The van der Waals surface area contributed by atoms with Crippen molar-refractivity contribution in [2.45, 2.75) is 12.5 Å². The fourth-order valence-corrected chi connectivity index (χ4v) is 2.04. The third-order valence-electron chi connectivity index (χ3n) is 1.97. The molecule has 0 saturated heterocycles. The molecular formula is C9H18N2O5S2. The summed E-state index contributed by atoms with van der Waals surface area (Å²) >= 11 is 1.54. The minimum absolute atomic E-state index is 0.149. The van der Waals surface area contributed by atoms with Gasteiger partial charge in [0.2, 0.25) is 0 Å². The lowest BCUT2D eigenvalue weighted by Gasteiger charge is -2.14. The van der Waals surface area contributed by atoms with E-state index in [1.165, 1.54) is 0 Å². The van der Waals surface area contributed by atoms with Crippen LogP contribution in [-0.4, -0.2) is 62.1 Å². The third kappa shape index (κ3) is 9.11. The molecule has 9 heteroatoms. The summed E-state index contributed by atoms with van der Waals surface area (Å²) < 4.78 is 21.9. The van der Waals surface area contributed by atoms with E-state index in [1.54, 1.807) is 11.8 Å². The maximum atomic E-state index is 11.3. The first-order valence-corrected chi connectivity index (χ1v) is 8.65. The molecule has 0 fully saturated rings. The van der Waals surface area contributed by atoms with Crippen LogP contribution in [0.4, 0.5) is 4.79 Å². The van der Waals surface area contributed by atoms with Crippen molar-refractivity contribution in [2.24, 2.45) is 0 Å². The van der Waals surface area contributed by atoms with Gasteiger partial charge in [0.15, 0.2) is 0 Å². The van der Waals surface area contributed by atoms with Crippen LogP contribution in [0.3, 0.4) is 0 Å². The molecule has 1 atom stereocenters. The summed E-state index contributed by atoms with van der Waals surface area (Å²) in [7, 11) is -3.25. The third-order valence-corrected chi connectivity index (χ3v) is 3.56. The molecule has 0 heterocycles. The highest BCUT2D eigenvalue weighted by Crippen LogP contribution is 1.97. The first-order valence-electron chi connectivity index (χ1n) is 5.20. The normalized spacial score (nSPS) is 12.8. The van der Waals surface area contributed by atoms with Crippen molar-refractivity contribution in [3.8, 4) is 0 Å². The van der Waals surface area contributed by atoms with Crippen LogP contribution in [0.1, 0.15) is 6.42 Å². The van der Waals surface area contributed by atoms with Gasteiger partial charge in [-0.25, -0.2) is 18.0 Å². The number of hydrogen-bond donors (Lipinski definition) is 3. The number of hydrogen-bond acceptors (Lipinski definition) is 5. The monoisotopic (exact) mass is 298 g/mol. The van der Waals surface area contributed by atoms with Gasteiger partial charge in [-0.15, -0.1) is 0 Å². The Kier molecular flexibility index (Phi) is 7.76. The number of carboxylic acids is 1. The Balaban J connectivity index is 4.19. The molecule has 0 aliphatic heterocycles. The lowest BCUT2D eigenvalue weighted by molar-refractivity contribution is -0.139. The van der Waals surface area contributed by atoms with Gasteiger partial charge in [-0.1, -0.05) is 0 Å². The molecule has 0 spiro atoms. The number of sulfone groups is 1. The standard InChI is InChI=1S/C9H18N2O5S2/c1-17-5-4-10-9(14)11-7(8(12)13)3-6-18(2,15)16/h7H,3-6H2,1-2H3,(H,12,13)(H2,10,11,14).